The minimum Gasteiger partial charge on any atom is -0.291 e. The van der Waals surface area contributed by atoms with E-state index in [0.29, 0.717) is 17.1 Å². The molecule has 11 heavy (non-hydrogen) atoms. The minimum absolute atomic E-state index is 0.0648. The standard InChI is InChI=1S/C6H8BrN3O/c1-3-10-5(4(2)11)8-6(7)9-10/h3H2,1-2H3. The molecule has 0 fully saturated rings. The van der Waals surface area contributed by atoms with Gasteiger partial charge in [-0.3, -0.25) is 4.79 Å². The number of aryl methyl sites for hydroxylation is 1. The number of Topliss-reactive ketones (excluding diaryl/α,β-unsaturated/α-hetero) is 1. The zero-order valence-corrected chi connectivity index (χ0v) is 7.92. The quantitative estimate of drug-likeness (QED) is 0.702. The molecular weight excluding hydrogens is 210 g/mol. The second kappa shape index (κ2) is 3.13. The number of carbonyl (C=O) groups excluding carboxylic acids is 1. The van der Waals surface area contributed by atoms with E-state index in [1.807, 2.05) is 6.92 Å². The Bertz CT molecular complexity index is 281. The number of aromatic nitrogens is 3. The molecule has 4 nitrogen and oxygen atoms in total. The number of carbonyl (C=O) groups is 1. The number of ketones is 1. The van der Waals surface area contributed by atoms with Crippen LogP contribution in [0.25, 0.3) is 0 Å². The third kappa shape index (κ3) is 1.65. The van der Waals surface area contributed by atoms with Gasteiger partial charge in [-0.05, 0) is 22.9 Å². The maximum absolute atomic E-state index is 10.9. The number of nitrogens with zero attached hydrogens (tertiary/aromatic N) is 3. The molecule has 0 amide bonds. The Kier molecular flexibility index (Phi) is 2.38. The molecule has 0 radical (unpaired) electrons. The van der Waals surface area contributed by atoms with Crippen molar-refractivity contribution in [3.63, 3.8) is 0 Å². The normalized spacial score (nSPS) is 10.1. The first kappa shape index (κ1) is 8.39. The molecule has 1 heterocycles. The largest absolute Gasteiger partial charge is 0.291 e. The van der Waals surface area contributed by atoms with Crippen LogP contribution in [0.4, 0.5) is 0 Å². The lowest BCUT2D eigenvalue weighted by Crippen LogP contribution is -2.07. The highest BCUT2D eigenvalue weighted by atomic mass is 79.9. The van der Waals surface area contributed by atoms with Gasteiger partial charge in [0.1, 0.15) is 0 Å². The smallest absolute Gasteiger partial charge is 0.217 e. The van der Waals surface area contributed by atoms with E-state index in [2.05, 4.69) is 26.0 Å². The lowest BCUT2D eigenvalue weighted by molar-refractivity contribution is 0.0998. The molecule has 1 rings (SSSR count). The zero-order chi connectivity index (χ0) is 8.43. The molecule has 0 unspecified atom stereocenters. The Hall–Kier alpha value is -0.710. The summed E-state index contributed by atoms with van der Waals surface area (Å²) in [7, 11) is 0. The van der Waals surface area contributed by atoms with E-state index in [0.717, 1.165) is 0 Å². The molecule has 5 heteroatoms. The summed E-state index contributed by atoms with van der Waals surface area (Å²) in [6.45, 7) is 4.05. The summed E-state index contributed by atoms with van der Waals surface area (Å²) < 4.78 is 2.02. The van der Waals surface area contributed by atoms with Gasteiger partial charge in [0, 0.05) is 13.5 Å². The Morgan fingerprint density at radius 1 is 1.73 bits per heavy atom. The molecule has 0 aliphatic rings. The molecule has 0 saturated carbocycles. The third-order valence-corrected chi connectivity index (χ3v) is 1.60. The van der Waals surface area contributed by atoms with Gasteiger partial charge in [-0.1, -0.05) is 0 Å². The maximum Gasteiger partial charge on any atom is 0.217 e. The van der Waals surface area contributed by atoms with Gasteiger partial charge in [0.2, 0.25) is 4.73 Å². The zero-order valence-electron chi connectivity index (χ0n) is 6.33. The molecule has 1 aromatic heterocycles. The Labute approximate surface area is 72.7 Å². The fraction of sp³-hybridized carbons (Fsp3) is 0.500. The van der Waals surface area contributed by atoms with E-state index in [9.17, 15) is 4.79 Å². The molecule has 0 aliphatic carbocycles. The van der Waals surface area contributed by atoms with E-state index >= 15 is 0 Å². The Morgan fingerprint density at radius 2 is 2.36 bits per heavy atom. The molecule has 0 N–H and O–H groups in total. The Balaban J connectivity index is 3.12. The van der Waals surface area contributed by atoms with Gasteiger partial charge in [0.25, 0.3) is 0 Å². The molecule has 1 aromatic rings. The molecule has 0 aromatic carbocycles. The first-order valence-corrected chi connectivity index (χ1v) is 4.05. The summed E-state index contributed by atoms with van der Waals surface area (Å²) in [6, 6.07) is 0. The van der Waals surface area contributed by atoms with Crippen LogP contribution >= 0.6 is 15.9 Å². The first-order valence-electron chi connectivity index (χ1n) is 3.26. The van der Waals surface area contributed by atoms with E-state index in [4.69, 9.17) is 0 Å². The van der Waals surface area contributed by atoms with Crippen molar-refractivity contribution in [3.8, 4) is 0 Å². The highest BCUT2D eigenvalue weighted by Gasteiger charge is 2.09. The number of rotatable bonds is 2. The van der Waals surface area contributed by atoms with Crippen LogP contribution in [0.2, 0.25) is 0 Å². The van der Waals surface area contributed by atoms with Gasteiger partial charge in [0.05, 0.1) is 0 Å². The second-order valence-corrected chi connectivity index (χ2v) is 2.79. The van der Waals surface area contributed by atoms with Crippen LogP contribution in [0.15, 0.2) is 4.73 Å². The monoisotopic (exact) mass is 217 g/mol. The van der Waals surface area contributed by atoms with Gasteiger partial charge < -0.3 is 0 Å². The Morgan fingerprint density at radius 3 is 2.73 bits per heavy atom. The van der Waals surface area contributed by atoms with Crippen molar-refractivity contribution in [1.29, 1.82) is 0 Å². The van der Waals surface area contributed by atoms with Crippen LogP contribution < -0.4 is 0 Å². The summed E-state index contributed by atoms with van der Waals surface area (Å²) in [6.07, 6.45) is 0. The molecule has 60 valence electrons. The second-order valence-electron chi connectivity index (χ2n) is 2.08. The summed E-state index contributed by atoms with van der Waals surface area (Å²) >= 11 is 3.10. The van der Waals surface area contributed by atoms with Crippen molar-refractivity contribution < 1.29 is 4.79 Å². The van der Waals surface area contributed by atoms with Crippen molar-refractivity contribution in [1.82, 2.24) is 14.8 Å². The molecule has 0 spiro atoms. The van der Waals surface area contributed by atoms with Crippen molar-refractivity contribution in [2.45, 2.75) is 20.4 Å². The van der Waals surface area contributed by atoms with Crippen LogP contribution in [0.3, 0.4) is 0 Å². The number of hydrogen-bond acceptors (Lipinski definition) is 3. The SMILES string of the molecule is CCn1nc(Br)nc1C(C)=O. The van der Waals surface area contributed by atoms with Gasteiger partial charge in [-0.15, -0.1) is 5.10 Å². The van der Waals surface area contributed by atoms with Crippen LogP contribution in [0.5, 0.6) is 0 Å². The molecule has 0 atom stereocenters. The topological polar surface area (TPSA) is 47.8 Å². The van der Waals surface area contributed by atoms with Gasteiger partial charge >= 0.3 is 0 Å². The summed E-state index contributed by atoms with van der Waals surface area (Å²) in [5.74, 6) is 0.337. The van der Waals surface area contributed by atoms with Crippen LogP contribution in [0.1, 0.15) is 24.5 Å². The predicted octanol–water partition coefficient (Wildman–Crippen LogP) is 1.26. The first-order chi connectivity index (χ1) is 5.15. The van der Waals surface area contributed by atoms with E-state index in [1.54, 1.807) is 4.68 Å². The van der Waals surface area contributed by atoms with Crippen LogP contribution in [-0.2, 0) is 6.54 Å². The lowest BCUT2D eigenvalue weighted by Gasteiger charge is -1.95. The van der Waals surface area contributed by atoms with E-state index in [-0.39, 0.29) is 5.78 Å². The minimum atomic E-state index is -0.0648. The number of halogens is 1. The van der Waals surface area contributed by atoms with Gasteiger partial charge in [-0.25, -0.2) is 4.68 Å². The van der Waals surface area contributed by atoms with Crippen molar-refractivity contribution in [2.75, 3.05) is 0 Å². The van der Waals surface area contributed by atoms with Crippen LogP contribution in [-0.4, -0.2) is 20.5 Å². The van der Waals surface area contributed by atoms with Crippen molar-refractivity contribution in [2.24, 2.45) is 0 Å². The van der Waals surface area contributed by atoms with E-state index < -0.39 is 0 Å². The maximum atomic E-state index is 10.9. The van der Waals surface area contributed by atoms with E-state index in [1.165, 1.54) is 6.92 Å². The predicted molar refractivity (Wildman–Crippen MR) is 43.4 cm³/mol. The average Bonchev–Trinajstić information content (AvgIpc) is 2.30. The van der Waals surface area contributed by atoms with Gasteiger partial charge in [0.15, 0.2) is 11.6 Å². The molecule has 0 aliphatic heterocycles. The molecule has 0 saturated heterocycles. The average molecular weight is 218 g/mol. The highest BCUT2D eigenvalue weighted by Crippen LogP contribution is 2.05. The van der Waals surface area contributed by atoms with Gasteiger partial charge in [-0.2, -0.15) is 4.98 Å². The summed E-state index contributed by atoms with van der Waals surface area (Å²) in [4.78, 5) is 14.8. The molecule has 0 bridgehead atoms. The highest BCUT2D eigenvalue weighted by molar-refractivity contribution is 9.10. The van der Waals surface area contributed by atoms with Crippen LogP contribution in [0, 0.1) is 0 Å². The fourth-order valence-electron chi connectivity index (χ4n) is 0.795. The van der Waals surface area contributed by atoms with Crippen molar-refractivity contribution in [3.05, 3.63) is 10.6 Å². The number of hydrogen-bond donors (Lipinski definition) is 0. The summed E-state index contributed by atoms with van der Waals surface area (Å²) in [5, 5.41) is 3.95. The lowest BCUT2D eigenvalue weighted by atomic mass is 10.4. The van der Waals surface area contributed by atoms with Crippen molar-refractivity contribution >= 4 is 21.7 Å². The molecular formula is C6H8BrN3O. The summed E-state index contributed by atoms with van der Waals surface area (Å²) in [5.41, 5.74) is 0. The fourth-order valence-corrected chi connectivity index (χ4v) is 1.15. The third-order valence-electron chi connectivity index (χ3n) is 1.26.